The first-order valence-corrected chi connectivity index (χ1v) is 8.60. The van der Waals surface area contributed by atoms with E-state index < -0.39 is 5.41 Å². The molecular weight excluding hydrogens is 316 g/mol. The molecule has 0 radical (unpaired) electrons. The van der Waals surface area contributed by atoms with Crippen LogP contribution >= 0.6 is 0 Å². The zero-order valence-corrected chi connectivity index (χ0v) is 16.4. The highest BCUT2D eigenvalue weighted by Crippen LogP contribution is 2.26. The molecule has 0 spiro atoms. The number of esters is 2. The summed E-state index contributed by atoms with van der Waals surface area (Å²) < 4.78 is 10.5. The average Bonchev–Trinajstić information content (AvgIpc) is 2.49. The molecule has 0 aliphatic heterocycles. The predicted molar refractivity (Wildman–Crippen MR) is 100 cm³/mol. The highest BCUT2D eigenvalue weighted by molar-refractivity contribution is 5.90. The molecule has 0 saturated heterocycles. The van der Waals surface area contributed by atoms with E-state index in [2.05, 4.69) is 26.8 Å². The summed E-state index contributed by atoms with van der Waals surface area (Å²) in [7, 11) is 0. The zero-order chi connectivity index (χ0) is 19.3. The molecule has 0 fully saturated rings. The van der Waals surface area contributed by atoms with Gasteiger partial charge in [0.15, 0.2) is 0 Å². The minimum Gasteiger partial charge on any atom is -0.462 e. The lowest BCUT2D eigenvalue weighted by Crippen LogP contribution is -2.23. The largest absolute Gasteiger partial charge is 0.462 e. The molecule has 0 aliphatic rings. The van der Waals surface area contributed by atoms with Crippen LogP contribution in [0.3, 0.4) is 0 Å². The Balaban J connectivity index is 3.03. The van der Waals surface area contributed by atoms with Gasteiger partial charge in [0.2, 0.25) is 0 Å². The molecule has 0 atom stereocenters. The number of ether oxygens (including phenoxy) is 2. The number of allylic oxidation sites excluding steroid dienone is 1. The smallest absolute Gasteiger partial charge is 0.338 e. The van der Waals surface area contributed by atoms with Crippen LogP contribution in [0.1, 0.15) is 64.4 Å². The van der Waals surface area contributed by atoms with Crippen LogP contribution in [0.15, 0.2) is 30.3 Å². The third-order valence-corrected chi connectivity index (χ3v) is 3.35. The highest BCUT2D eigenvalue weighted by atomic mass is 16.5. The Kier molecular flexibility index (Phi) is 6.97. The fraction of sp³-hybridized carbons (Fsp3) is 0.524. The van der Waals surface area contributed by atoms with Gasteiger partial charge in [-0.05, 0) is 56.4 Å². The van der Waals surface area contributed by atoms with Gasteiger partial charge in [-0.15, -0.1) is 0 Å². The van der Waals surface area contributed by atoms with Crippen molar-refractivity contribution in [1.29, 1.82) is 0 Å². The molecule has 4 nitrogen and oxygen atoms in total. The summed E-state index contributed by atoms with van der Waals surface area (Å²) in [6, 6.07) is 7.17. The lowest BCUT2D eigenvalue weighted by atomic mass is 9.91. The normalized spacial score (nSPS) is 12.7. The van der Waals surface area contributed by atoms with Crippen LogP contribution in [0, 0.1) is 10.8 Å². The van der Waals surface area contributed by atoms with Crippen LogP contribution in [-0.2, 0) is 14.3 Å². The maximum atomic E-state index is 12.1. The first kappa shape index (κ1) is 20.9. The second-order valence-electron chi connectivity index (χ2n) is 8.16. The fourth-order valence-electron chi connectivity index (χ4n) is 2.13. The summed E-state index contributed by atoms with van der Waals surface area (Å²) in [6.45, 7) is 14.1. The van der Waals surface area contributed by atoms with Crippen molar-refractivity contribution in [3.8, 4) is 0 Å². The molecule has 4 heteroatoms. The van der Waals surface area contributed by atoms with E-state index >= 15 is 0 Å². The molecular formula is C21H30O4. The minimum atomic E-state index is -0.541. The van der Waals surface area contributed by atoms with E-state index in [0.717, 1.165) is 11.1 Å². The van der Waals surface area contributed by atoms with E-state index in [-0.39, 0.29) is 24.0 Å². The maximum absolute atomic E-state index is 12.1. The van der Waals surface area contributed by atoms with E-state index in [4.69, 9.17) is 9.47 Å². The minimum absolute atomic E-state index is 0.0662. The Morgan fingerprint density at radius 2 is 1.44 bits per heavy atom. The van der Waals surface area contributed by atoms with Crippen molar-refractivity contribution in [3.63, 3.8) is 0 Å². The molecule has 0 amide bonds. The standard InChI is InChI=1S/C21H30O4/c1-8-24-18(22)16-11-9-15(10-12-16)17(13-20(2,3)4)14-25-19(23)21(5,6)7/h9-13H,8,14H2,1-7H3/b17-13-. The van der Waals surface area contributed by atoms with E-state index in [0.29, 0.717) is 12.2 Å². The number of carbonyl (C=O) groups is 2. The lowest BCUT2D eigenvalue weighted by Gasteiger charge is -2.20. The monoisotopic (exact) mass is 346 g/mol. The van der Waals surface area contributed by atoms with Gasteiger partial charge in [0.05, 0.1) is 17.6 Å². The second-order valence-corrected chi connectivity index (χ2v) is 8.16. The summed E-state index contributed by atoms with van der Waals surface area (Å²) >= 11 is 0. The summed E-state index contributed by atoms with van der Waals surface area (Å²) in [6.07, 6.45) is 2.09. The summed E-state index contributed by atoms with van der Waals surface area (Å²) in [5, 5.41) is 0. The first-order chi connectivity index (χ1) is 11.4. The number of benzene rings is 1. The Labute approximate surface area is 151 Å². The summed E-state index contributed by atoms with van der Waals surface area (Å²) in [5.74, 6) is -0.579. The molecule has 0 aliphatic carbocycles. The predicted octanol–water partition coefficient (Wildman–Crippen LogP) is 4.88. The van der Waals surface area contributed by atoms with Crippen LogP contribution in [0.2, 0.25) is 0 Å². The van der Waals surface area contributed by atoms with E-state index in [1.54, 1.807) is 19.1 Å². The Hall–Kier alpha value is -2.10. The SMILES string of the molecule is CCOC(=O)c1ccc(/C(=C\C(C)(C)C)COC(=O)C(C)(C)C)cc1. The van der Waals surface area contributed by atoms with Gasteiger partial charge < -0.3 is 9.47 Å². The van der Waals surface area contributed by atoms with Gasteiger partial charge in [0, 0.05) is 0 Å². The number of hydrogen-bond donors (Lipinski definition) is 0. The molecule has 0 unspecified atom stereocenters. The van der Waals surface area contributed by atoms with Crippen molar-refractivity contribution in [2.75, 3.05) is 13.2 Å². The molecule has 25 heavy (non-hydrogen) atoms. The first-order valence-electron chi connectivity index (χ1n) is 8.60. The Morgan fingerprint density at radius 1 is 0.920 bits per heavy atom. The molecule has 1 aromatic rings. The molecule has 0 bridgehead atoms. The summed E-state index contributed by atoms with van der Waals surface area (Å²) in [5.41, 5.74) is 1.74. The van der Waals surface area contributed by atoms with Gasteiger partial charge >= 0.3 is 11.9 Å². The molecule has 0 saturated carbocycles. The third kappa shape index (κ3) is 7.12. The Morgan fingerprint density at radius 3 is 1.88 bits per heavy atom. The van der Waals surface area contributed by atoms with Crippen molar-refractivity contribution in [2.45, 2.75) is 48.5 Å². The highest BCUT2D eigenvalue weighted by Gasteiger charge is 2.23. The van der Waals surface area contributed by atoms with Gasteiger partial charge in [0.25, 0.3) is 0 Å². The molecule has 0 heterocycles. The van der Waals surface area contributed by atoms with E-state index in [9.17, 15) is 9.59 Å². The van der Waals surface area contributed by atoms with Crippen LogP contribution in [0.5, 0.6) is 0 Å². The van der Waals surface area contributed by atoms with Crippen molar-refractivity contribution in [1.82, 2.24) is 0 Å². The van der Waals surface area contributed by atoms with E-state index in [1.807, 2.05) is 32.9 Å². The topological polar surface area (TPSA) is 52.6 Å². The van der Waals surface area contributed by atoms with Gasteiger partial charge in [0.1, 0.15) is 6.61 Å². The molecule has 0 aromatic heterocycles. The van der Waals surface area contributed by atoms with Crippen LogP contribution < -0.4 is 0 Å². The van der Waals surface area contributed by atoms with Gasteiger partial charge in [-0.25, -0.2) is 4.79 Å². The molecule has 138 valence electrons. The van der Waals surface area contributed by atoms with Crippen molar-refractivity contribution >= 4 is 17.5 Å². The van der Waals surface area contributed by atoms with Gasteiger partial charge in [-0.3, -0.25) is 4.79 Å². The lowest BCUT2D eigenvalue weighted by molar-refractivity contribution is -0.151. The van der Waals surface area contributed by atoms with Gasteiger partial charge in [-0.1, -0.05) is 39.0 Å². The van der Waals surface area contributed by atoms with Crippen LogP contribution in [-0.4, -0.2) is 25.2 Å². The third-order valence-electron chi connectivity index (χ3n) is 3.35. The van der Waals surface area contributed by atoms with Crippen molar-refractivity contribution in [3.05, 3.63) is 41.5 Å². The van der Waals surface area contributed by atoms with Crippen LogP contribution in [0.4, 0.5) is 0 Å². The number of hydrogen-bond acceptors (Lipinski definition) is 4. The quantitative estimate of drug-likeness (QED) is 0.713. The van der Waals surface area contributed by atoms with Crippen molar-refractivity contribution in [2.24, 2.45) is 10.8 Å². The zero-order valence-electron chi connectivity index (χ0n) is 16.4. The summed E-state index contributed by atoms with van der Waals surface area (Å²) in [4.78, 5) is 23.8. The van der Waals surface area contributed by atoms with Crippen LogP contribution in [0.25, 0.3) is 5.57 Å². The number of rotatable bonds is 5. The molecule has 0 N–H and O–H groups in total. The molecule has 1 rings (SSSR count). The van der Waals surface area contributed by atoms with E-state index in [1.165, 1.54) is 0 Å². The second kappa shape index (κ2) is 8.32. The average molecular weight is 346 g/mol. The van der Waals surface area contributed by atoms with Gasteiger partial charge in [-0.2, -0.15) is 0 Å². The Bertz CT molecular complexity index is 625. The number of carbonyl (C=O) groups excluding carboxylic acids is 2. The molecule has 1 aromatic carbocycles. The maximum Gasteiger partial charge on any atom is 0.338 e. The van der Waals surface area contributed by atoms with Crippen molar-refractivity contribution < 1.29 is 19.1 Å². The fourth-order valence-corrected chi connectivity index (χ4v) is 2.13.